The summed E-state index contributed by atoms with van der Waals surface area (Å²) in [5.74, 6) is -0.819. The number of para-hydroxylation sites is 1. The maximum Gasteiger partial charge on any atom is 0.238 e. The van der Waals surface area contributed by atoms with Gasteiger partial charge in [-0.25, -0.2) is 4.90 Å². The first-order valence-electron chi connectivity index (χ1n) is 10.8. The van der Waals surface area contributed by atoms with Crippen molar-refractivity contribution in [2.45, 2.75) is 32.1 Å². The van der Waals surface area contributed by atoms with E-state index in [-0.39, 0.29) is 35.5 Å². The van der Waals surface area contributed by atoms with Crippen molar-refractivity contribution in [2.75, 3.05) is 4.90 Å². The van der Waals surface area contributed by atoms with Crippen LogP contribution < -0.4 is 4.90 Å². The number of aryl methyl sites for hydroxylation is 2. The van der Waals surface area contributed by atoms with Crippen LogP contribution in [0.3, 0.4) is 0 Å². The van der Waals surface area contributed by atoms with Gasteiger partial charge in [0.15, 0.2) is 0 Å². The Labute approximate surface area is 176 Å². The molecule has 4 aliphatic rings. The summed E-state index contributed by atoms with van der Waals surface area (Å²) in [6.07, 6.45) is 0.788. The van der Waals surface area contributed by atoms with E-state index in [1.54, 1.807) is 0 Å². The van der Waals surface area contributed by atoms with E-state index in [4.69, 9.17) is 0 Å². The van der Waals surface area contributed by atoms with Gasteiger partial charge in [-0.2, -0.15) is 0 Å². The van der Waals surface area contributed by atoms with Gasteiger partial charge in [0, 0.05) is 11.8 Å². The van der Waals surface area contributed by atoms with Gasteiger partial charge in [0.25, 0.3) is 0 Å². The van der Waals surface area contributed by atoms with E-state index in [0.29, 0.717) is 0 Å². The highest BCUT2D eigenvalue weighted by molar-refractivity contribution is 6.24. The molecule has 0 N–H and O–H groups in total. The number of carbonyl (C=O) groups is 2. The van der Waals surface area contributed by atoms with E-state index in [2.05, 4.69) is 31.2 Å². The predicted molar refractivity (Wildman–Crippen MR) is 117 cm³/mol. The van der Waals surface area contributed by atoms with Gasteiger partial charge in [0.1, 0.15) is 0 Å². The third-order valence-corrected chi connectivity index (χ3v) is 7.37. The number of imide groups is 1. The molecular formula is C27H23NO2. The normalized spacial score (nSPS) is 25.9. The molecule has 2 amide bonds. The summed E-state index contributed by atoms with van der Waals surface area (Å²) in [6.45, 7) is 4.07. The number of benzene rings is 3. The van der Waals surface area contributed by atoms with E-state index in [9.17, 15) is 9.59 Å². The Morgan fingerprint density at radius 2 is 1.17 bits per heavy atom. The van der Waals surface area contributed by atoms with Gasteiger partial charge >= 0.3 is 0 Å². The van der Waals surface area contributed by atoms with Crippen LogP contribution in [0.15, 0.2) is 66.7 Å². The molecule has 2 atom stereocenters. The zero-order chi connectivity index (χ0) is 20.6. The Kier molecular flexibility index (Phi) is 3.62. The van der Waals surface area contributed by atoms with Gasteiger partial charge in [-0.3, -0.25) is 9.59 Å². The quantitative estimate of drug-likeness (QED) is 0.578. The summed E-state index contributed by atoms with van der Waals surface area (Å²) in [4.78, 5) is 29.3. The van der Waals surface area contributed by atoms with Gasteiger partial charge in [0.05, 0.1) is 17.5 Å². The molecule has 2 bridgehead atoms. The predicted octanol–water partition coefficient (Wildman–Crippen LogP) is 4.95. The molecule has 3 aromatic carbocycles. The molecule has 148 valence electrons. The maximum atomic E-state index is 13.9. The van der Waals surface area contributed by atoms with Crippen LogP contribution in [0.5, 0.6) is 0 Å². The second-order valence-corrected chi connectivity index (χ2v) is 8.71. The maximum absolute atomic E-state index is 13.9. The first-order valence-corrected chi connectivity index (χ1v) is 10.8. The van der Waals surface area contributed by atoms with Crippen molar-refractivity contribution in [1.29, 1.82) is 0 Å². The lowest BCUT2D eigenvalue weighted by atomic mass is 9.55. The molecule has 0 saturated carbocycles. The molecular weight excluding hydrogens is 370 g/mol. The van der Waals surface area contributed by atoms with E-state index in [0.717, 1.165) is 23.2 Å². The number of hydrogen-bond acceptors (Lipinski definition) is 2. The average molecular weight is 393 g/mol. The second-order valence-electron chi connectivity index (χ2n) is 8.71. The lowest BCUT2D eigenvalue weighted by Gasteiger charge is -2.45. The van der Waals surface area contributed by atoms with Crippen molar-refractivity contribution in [1.82, 2.24) is 0 Å². The topological polar surface area (TPSA) is 37.4 Å². The standard InChI is InChI=1S/C27H23NO2/c1-3-16-10-8-9-15(2)25(16)28-26(29)23-21-17-11-4-5-12-18(17)22(24(23)27(28)30)20-14-7-6-13-19(20)21/h4-14,21-24H,3H2,1-2H3. The summed E-state index contributed by atoms with van der Waals surface area (Å²) in [7, 11) is 0. The minimum absolute atomic E-state index is 0.0343. The summed E-state index contributed by atoms with van der Waals surface area (Å²) in [6, 6.07) is 22.8. The van der Waals surface area contributed by atoms with Crippen molar-refractivity contribution in [3.8, 4) is 0 Å². The second kappa shape index (κ2) is 6.15. The molecule has 2 unspecified atom stereocenters. The Hall–Kier alpha value is -3.20. The van der Waals surface area contributed by atoms with E-state index in [1.807, 2.05) is 49.4 Å². The largest absolute Gasteiger partial charge is 0.274 e. The third kappa shape index (κ3) is 2.05. The van der Waals surface area contributed by atoms with Crippen LogP contribution in [0.1, 0.15) is 52.1 Å². The van der Waals surface area contributed by atoms with Gasteiger partial charge in [-0.05, 0) is 46.7 Å². The first-order chi connectivity index (χ1) is 14.6. The molecule has 0 radical (unpaired) electrons. The number of anilines is 1. The lowest BCUT2D eigenvalue weighted by molar-refractivity contribution is -0.122. The molecule has 3 heteroatoms. The molecule has 0 spiro atoms. The van der Waals surface area contributed by atoms with Crippen LogP contribution in [0, 0.1) is 18.8 Å². The zero-order valence-corrected chi connectivity index (χ0v) is 17.1. The van der Waals surface area contributed by atoms with Crippen LogP contribution >= 0.6 is 0 Å². The Morgan fingerprint density at radius 1 is 0.700 bits per heavy atom. The van der Waals surface area contributed by atoms with Crippen LogP contribution in [-0.2, 0) is 16.0 Å². The molecule has 1 heterocycles. The first kappa shape index (κ1) is 17.6. The number of rotatable bonds is 2. The molecule has 1 fully saturated rings. The molecule has 30 heavy (non-hydrogen) atoms. The molecule has 3 aliphatic carbocycles. The molecule has 3 nitrogen and oxygen atoms in total. The van der Waals surface area contributed by atoms with Gasteiger partial charge in [-0.1, -0.05) is 73.7 Å². The smallest absolute Gasteiger partial charge is 0.238 e. The number of nitrogens with zero attached hydrogens (tertiary/aromatic N) is 1. The molecule has 3 aromatic rings. The molecule has 1 aliphatic heterocycles. The summed E-state index contributed by atoms with van der Waals surface area (Å²) >= 11 is 0. The van der Waals surface area contributed by atoms with Crippen LogP contribution in [0.2, 0.25) is 0 Å². The molecule has 0 aromatic heterocycles. The number of carbonyl (C=O) groups excluding carboxylic acids is 2. The molecule has 1 saturated heterocycles. The van der Waals surface area contributed by atoms with Crippen molar-refractivity contribution in [3.63, 3.8) is 0 Å². The third-order valence-electron chi connectivity index (χ3n) is 7.37. The monoisotopic (exact) mass is 393 g/mol. The Bertz CT molecular complexity index is 1110. The number of amides is 2. The Balaban J connectivity index is 1.59. The van der Waals surface area contributed by atoms with Crippen LogP contribution in [0.4, 0.5) is 5.69 Å². The average Bonchev–Trinajstić information content (AvgIpc) is 3.04. The zero-order valence-electron chi connectivity index (χ0n) is 17.1. The number of hydrogen-bond donors (Lipinski definition) is 0. The summed E-state index contributed by atoms with van der Waals surface area (Å²) in [5, 5.41) is 0. The minimum Gasteiger partial charge on any atom is -0.274 e. The van der Waals surface area contributed by atoms with Crippen molar-refractivity contribution >= 4 is 17.5 Å². The highest BCUT2D eigenvalue weighted by Crippen LogP contribution is 2.61. The minimum atomic E-state index is -0.323. The van der Waals surface area contributed by atoms with Crippen molar-refractivity contribution < 1.29 is 9.59 Å². The summed E-state index contributed by atoms with van der Waals surface area (Å²) in [5.41, 5.74) is 7.69. The van der Waals surface area contributed by atoms with Crippen LogP contribution in [0.25, 0.3) is 0 Å². The van der Waals surface area contributed by atoms with Gasteiger partial charge < -0.3 is 0 Å². The van der Waals surface area contributed by atoms with Gasteiger partial charge in [-0.15, -0.1) is 0 Å². The van der Waals surface area contributed by atoms with E-state index in [1.165, 1.54) is 27.2 Å². The highest BCUT2D eigenvalue weighted by Gasteiger charge is 2.62. The van der Waals surface area contributed by atoms with Gasteiger partial charge in [0.2, 0.25) is 11.8 Å². The fourth-order valence-electron chi connectivity index (χ4n) is 6.22. The highest BCUT2D eigenvalue weighted by atomic mass is 16.2. The molecule has 7 rings (SSSR count). The lowest BCUT2D eigenvalue weighted by Crippen LogP contribution is -2.41. The van der Waals surface area contributed by atoms with Crippen molar-refractivity contribution in [3.05, 3.63) is 100 Å². The fraction of sp³-hybridized carbons (Fsp3) is 0.259. The fourth-order valence-corrected chi connectivity index (χ4v) is 6.22. The SMILES string of the molecule is CCc1cccc(C)c1N1C(=O)C2C3c4ccccc4C(c4ccccc43)C2C1=O. The Morgan fingerprint density at radius 3 is 1.60 bits per heavy atom. The van der Waals surface area contributed by atoms with Crippen molar-refractivity contribution in [2.24, 2.45) is 11.8 Å². The summed E-state index contributed by atoms with van der Waals surface area (Å²) < 4.78 is 0. The van der Waals surface area contributed by atoms with Crippen LogP contribution in [-0.4, -0.2) is 11.8 Å². The van der Waals surface area contributed by atoms with E-state index < -0.39 is 0 Å². The van der Waals surface area contributed by atoms with E-state index >= 15 is 0 Å².